The van der Waals surface area contributed by atoms with Crippen LogP contribution in [0, 0.1) is 0 Å². The molecule has 1 amide bonds. The molecule has 2 aromatic rings. The fourth-order valence-corrected chi connectivity index (χ4v) is 4.07. The lowest BCUT2D eigenvalue weighted by atomic mass is 10.1. The first-order chi connectivity index (χ1) is 11.0. The molecule has 124 valence electrons. The summed E-state index contributed by atoms with van der Waals surface area (Å²) in [6.45, 7) is 0.414. The standard InChI is InChI=1S/C15H17ClN2O3S2/c16-13-6-3-12(4-7-13)5-8-14(19)17-9-10-18-23(20,21)15-2-1-11-22-15/h1-4,6-7,11,18H,5,8-10H2,(H,17,19). The number of hydrogen-bond acceptors (Lipinski definition) is 4. The van der Waals surface area contributed by atoms with Crippen molar-refractivity contribution in [1.29, 1.82) is 0 Å². The average Bonchev–Trinajstić information content (AvgIpc) is 3.06. The van der Waals surface area contributed by atoms with Crippen LogP contribution < -0.4 is 10.0 Å². The number of halogens is 1. The lowest BCUT2D eigenvalue weighted by Crippen LogP contribution is -2.34. The fraction of sp³-hybridized carbons (Fsp3) is 0.267. The van der Waals surface area contributed by atoms with Gasteiger partial charge in [0.15, 0.2) is 0 Å². The SMILES string of the molecule is O=C(CCc1ccc(Cl)cc1)NCCNS(=O)(=O)c1cccs1. The van der Waals surface area contributed by atoms with Crippen molar-refractivity contribution in [3.05, 3.63) is 52.4 Å². The first-order valence-corrected chi connectivity index (χ1v) is 9.76. The zero-order valence-electron chi connectivity index (χ0n) is 12.3. The van der Waals surface area contributed by atoms with Crippen LogP contribution >= 0.6 is 22.9 Å². The van der Waals surface area contributed by atoms with Crippen molar-refractivity contribution in [2.45, 2.75) is 17.1 Å². The summed E-state index contributed by atoms with van der Waals surface area (Å²) >= 11 is 6.95. The number of amides is 1. The minimum atomic E-state index is -3.47. The van der Waals surface area contributed by atoms with Gasteiger partial charge in [0.25, 0.3) is 0 Å². The highest BCUT2D eigenvalue weighted by molar-refractivity contribution is 7.91. The summed E-state index contributed by atoms with van der Waals surface area (Å²) in [5.74, 6) is -0.115. The van der Waals surface area contributed by atoms with E-state index in [2.05, 4.69) is 10.0 Å². The molecule has 0 bridgehead atoms. The van der Waals surface area contributed by atoms with E-state index in [9.17, 15) is 13.2 Å². The Morgan fingerprint density at radius 3 is 2.52 bits per heavy atom. The Morgan fingerprint density at radius 2 is 1.87 bits per heavy atom. The van der Waals surface area contributed by atoms with E-state index in [0.29, 0.717) is 17.9 Å². The van der Waals surface area contributed by atoms with E-state index in [1.54, 1.807) is 23.6 Å². The monoisotopic (exact) mass is 372 g/mol. The molecule has 0 unspecified atom stereocenters. The first kappa shape index (κ1) is 17.9. The van der Waals surface area contributed by atoms with Crippen molar-refractivity contribution >= 4 is 38.9 Å². The van der Waals surface area contributed by atoms with Crippen LogP contribution in [0.3, 0.4) is 0 Å². The normalized spacial score (nSPS) is 11.3. The lowest BCUT2D eigenvalue weighted by Gasteiger charge is -2.07. The van der Waals surface area contributed by atoms with Crippen molar-refractivity contribution in [3.8, 4) is 0 Å². The van der Waals surface area contributed by atoms with Gasteiger partial charge in [0, 0.05) is 24.5 Å². The second-order valence-electron chi connectivity index (χ2n) is 4.81. The third kappa shape index (κ3) is 5.95. The smallest absolute Gasteiger partial charge is 0.250 e. The van der Waals surface area contributed by atoms with E-state index in [1.807, 2.05) is 12.1 Å². The summed E-state index contributed by atoms with van der Waals surface area (Å²) in [4.78, 5) is 11.7. The number of carbonyl (C=O) groups is 1. The summed E-state index contributed by atoms with van der Waals surface area (Å²) in [6, 6.07) is 10.5. The maximum atomic E-state index is 11.9. The molecule has 0 atom stereocenters. The van der Waals surface area contributed by atoms with Crippen molar-refractivity contribution in [2.24, 2.45) is 0 Å². The van der Waals surface area contributed by atoms with Crippen LogP contribution in [-0.2, 0) is 21.2 Å². The van der Waals surface area contributed by atoms with Crippen molar-refractivity contribution in [3.63, 3.8) is 0 Å². The van der Waals surface area contributed by atoms with Crippen molar-refractivity contribution in [1.82, 2.24) is 10.0 Å². The molecule has 23 heavy (non-hydrogen) atoms. The van der Waals surface area contributed by atoms with E-state index in [0.717, 1.165) is 16.9 Å². The van der Waals surface area contributed by atoms with Gasteiger partial charge in [-0.1, -0.05) is 29.8 Å². The Kier molecular flexibility index (Phi) is 6.59. The van der Waals surface area contributed by atoms with Gasteiger partial charge in [-0.15, -0.1) is 11.3 Å². The molecule has 0 saturated heterocycles. The third-order valence-corrected chi connectivity index (χ3v) is 6.16. The number of hydrogen-bond donors (Lipinski definition) is 2. The van der Waals surface area contributed by atoms with Crippen LogP contribution in [-0.4, -0.2) is 27.4 Å². The summed E-state index contributed by atoms with van der Waals surface area (Å²) in [5, 5.41) is 5.06. The van der Waals surface area contributed by atoms with Gasteiger partial charge in [-0.2, -0.15) is 0 Å². The number of carbonyl (C=O) groups excluding carboxylic acids is 1. The predicted molar refractivity (Wildman–Crippen MR) is 92.3 cm³/mol. The van der Waals surface area contributed by atoms with Crippen LogP contribution in [0.15, 0.2) is 46.0 Å². The van der Waals surface area contributed by atoms with E-state index in [4.69, 9.17) is 11.6 Å². The third-order valence-electron chi connectivity index (χ3n) is 3.05. The van der Waals surface area contributed by atoms with Crippen molar-refractivity contribution < 1.29 is 13.2 Å². The quantitative estimate of drug-likeness (QED) is 0.699. The van der Waals surface area contributed by atoms with Gasteiger partial charge < -0.3 is 5.32 Å². The molecular formula is C15H17ClN2O3S2. The number of thiophene rings is 1. The first-order valence-electron chi connectivity index (χ1n) is 7.02. The average molecular weight is 373 g/mol. The highest BCUT2D eigenvalue weighted by Gasteiger charge is 2.13. The van der Waals surface area contributed by atoms with Gasteiger partial charge >= 0.3 is 0 Å². The number of nitrogens with one attached hydrogen (secondary N) is 2. The van der Waals surface area contributed by atoms with Gasteiger partial charge in [-0.05, 0) is 35.6 Å². The van der Waals surface area contributed by atoms with Gasteiger partial charge in [0.1, 0.15) is 4.21 Å². The Morgan fingerprint density at radius 1 is 1.13 bits per heavy atom. The van der Waals surface area contributed by atoms with E-state index >= 15 is 0 Å². The molecule has 1 aromatic heterocycles. The van der Waals surface area contributed by atoms with Crippen LogP contribution in [0.4, 0.5) is 0 Å². The molecule has 8 heteroatoms. The van der Waals surface area contributed by atoms with Gasteiger partial charge in [0.05, 0.1) is 0 Å². The van der Waals surface area contributed by atoms with Crippen LogP contribution in [0.2, 0.25) is 5.02 Å². The predicted octanol–water partition coefficient (Wildman–Crippen LogP) is 2.43. The molecule has 0 saturated carbocycles. The second-order valence-corrected chi connectivity index (χ2v) is 8.18. The fourth-order valence-electron chi connectivity index (χ4n) is 1.87. The molecule has 0 aliphatic carbocycles. The molecular weight excluding hydrogens is 356 g/mol. The van der Waals surface area contributed by atoms with E-state index in [1.165, 1.54) is 6.07 Å². The zero-order chi connectivity index (χ0) is 16.7. The van der Waals surface area contributed by atoms with E-state index in [-0.39, 0.29) is 23.2 Å². The molecule has 1 aromatic carbocycles. The Hall–Kier alpha value is -1.41. The molecule has 0 aliphatic heterocycles. The Balaban J connectivity index is 1.66. The summed E-state index contributed by atoms with van der Waals surface area (Å²) in [6.07, 6.45) is 0.962. The summed E-state index contributed by atoms with van der Waals surface area (Å²) < 4.78 is 26.4. The van der Waals surface area contributed by atoms with Gasteiger partial charge in [-0.3, -0.25) is 4.79 Å². The Labute approximate surface area is 144 Å². The van der Waals surface area contributed by atoms with Gasteiger partial charge in [0.2, 0.25) is 15.9 Å². The molecule has 1 heterocycles. The molecule has 2 rings (SSSR count). The molecule has 0 spiro atoms. The second kappa shape index (κ2) is 8.44. The van der Waals surface area contributed by atoms with Crippen LogP contribution in [0.1, 0.15) is 12.0 Å². The Bertz CT molecular complexity index is 729. The minimum Gasteiger partial charge on any atom is -0.355 e. The molecule has 5 nitrogen and oxygen atoms in total. The minimum absolute atomic E-state index is 0.115. The topological polar surface area (TPSA) is 75.3 Å². The van der Waals surface area contributed by atoms with E-state index < -0.39 is 10.0 Å². The molecule has 2 N–H and O–H groups in total. The largest absolute Gasteiger partial charge is 0.355 e. The number of aryl methyl sites for hydroxylation is 1. The number of sulfonamides is 1. The maximum absolute atomic E-state index is 11.9. The summed E-state index contributed by atoms with van der Waals surface area (Å²) in [7, 11) is -3.47. The molecule has 0 aliphatic rings. The molecule has 0 fully saturated rings. The highest BCUT2D eigenvalue weighted by atomic mass is 35.5. The highest BCUT2D eigenvalue weighted by Crippen LogP contribution is 2.14. The van der Waals surface area contributed by atoms with Gasteiger partial charge in [-0.25, -0.2) is 13.1 Å². The van der Waals surface area contributed by atoms with Crippen LogP contribution in [0.5, 0.6) is 0 Å². The number of rotatable bonds is 8. The zero-order valence-corrected chi connectivity index (χ0v) is 14.7. The lowest BCUT2D eigenvalue weighted by molar-refractivity contribution is -0.121. The van der Waals surface area contributed by atoms with Crippen LogP contribution in [0.25, 0.3) is 0 Å². The molecule has 0 radical (unpaired) electrons. The van der Waals surface area contributed by atoms with Crippen molar-refractivity contribution in [2.75, 3.05) is 13.1 Å². The summed E-state index contributed by atoms with van der Waals surface area (Å²) in [5.41, 5.74) is 1.03. The number of benzene rings is 1. The maximum Gasteiger partial charge on any atom is 0.250 e.